The molecule has 1 aliphatic heterocycles. The van der Waals surface area contributed by atoms with Crippen LogP contribution in [0.5, 0.6) is 0 Å². The lowest BCUT2D eigenvalue weighted by Gasteiger charge is -2.19. The molecule has 2 aliphatic carbocycles. The summed E-state index contributed by atoms with van der Waals surface area (Å²) in [7, 11) is 0. The normalized spacial score (nSPS) is 21.2. The number of rotatable bonds is 6. The summed E-state index contributed by atoms with van der Waals surface area (Å²) < 4.78 is 5.16. The molecule has 1 saturated carbocycles. The largest absolute Gasteiger partial charge is 0.457 e. The Morgan fingerprint density at radius 1 is 0.906 bits per heavy atom. The Kier molecular flexibility index (Phi) is 5.37. The molecule has 0 aromatic heterocycles. The molecular weight excluding hydrogens is 406 g/mol. The van der Waals surface area contributed by atoms with Crippen molar-refractivity contribution < 1.29 is 23.9 Å². The number of hydrogen-bond acceptors (Lipinski definition) is 5. The van der Waals surface area contributed by atoms with E-state index in [-0.39, 0.29) is 49.0 Å². The second kappa shape index (κ2) is 8.34. The minimum Gasteiger partial charge on any atom is -0.457 e. The summed E-state index contributed by atoms with van der Waals surface area (Å²) >= 11 is 0. The number of hydrogen-bond donors (Lipinski definition) is 0. The van der Waals surface area contributed by atoms with Gasteiger partial charge in [-0.2, -0.15) is 0 Å². The van der Waals surface area contributed by atoms with Crippen LogP contribution in [0, 0.1) is 11.8 Å². The van der Waals surface area contributed by atoms with Crippen LogP contribution in [0.25, 0.3) is 11.1 Å². The second-order valence-corrected chi connectivity index (χ2v) is 8.87. The van der Waals surface area contributed by atoms with Crippen molar-refractivity contribution >= 4 is 23.6 Å². The van der Waals surface area contributed by atoms with Crippen LogP contribution in [0.4, 0.5) is 0 Å². The first kappa shape index (κ1) is 20.6. The number of amides is 2. The van der Waals surface area contributed by atoms with Crippen molar-refractivity contribution in [3.63, 3.8) is 0 Å². The Morgan fingerprint density at radius 3 is 2.34 bits per heavy atom. The summed E-state index contributed by atoms with van der Waals surface area (Å²) in [5.74, 6) is -1.63. The topological polar surface area (TPSA) is 80.8 Å². The predicted molar refractivity (Wildman–Crippen MR) is 117 cm³/mol. The predicted octanol–water partition coefficient (Wildman–Crippen LogP) is 3.55. The van der Waals surface area contributed by atoms with Crippen molar-refractivity contribution in [2.75, 3.05) is 13.2 Å². The molecule has 0 N–H and O–H groups in total. The average molecular weight is 431 g/mol. The molecule has 2 atom stereocenters. The highest BCUT2D eigenvalue weighted by Gasteiger charge is 2.47. The van der Waals surface area contributed by atoms with E-state index in [1.165, 1.54) is 16.0 Å². The lowest BCUT2D eigenvalue weighted by atomic mass is 9.81. The van der Waals surface area contributed by atoms with Crippen molar-refractivity contribution in [2.24, 2.45) is 11.8 Å². The molecule has 0 radical (unpaired) electrons. The third-order valence-electron chi connectivity index (χ3n) is 6.96. The summed E-state index contributed by atoms with van der Waals surface area (Å²) in [5.41, 5.74) is 5.10. The SMILES string of the molecule is O=C(CCN1C(=O)[C@H]2CCCC[C@H]2C1=O)OCC(=O)c1ccc2c(c1)-c1ccccc1C2. The fourth-order valence-corrected chi connectivity index (χ4v) is 5.25. The Bertz CT molecular complexity index is 1100. The maximum absolute atomic E-state index is 12.6. The summed E-state index contributed by atoms with van der Waals surface area (Å²) in [6, 6.07) is 13.7. The number of imide groups is 1. The average Bonchev–Trinajstić information content (AvgIpc) is 3.31. The van der Waals surface area contributed by atoms with E-state index in [9.17, 15) is 19.2 Å². The van der Waals surface area contributed by atoms with E-state index in [2.05, 4.69) is 6.07 Å². The molecule has 6 nitrogen and oxygen atoms in total. The number of likely N-dealkylation sites (tertiary alicyclic amines) is 1. The maximum Gasteiger partial charge on any atom is 0.308 e. The highest BCUT2D eigenvalue weighted by atomic mass is 16.5. The van der Waals surface area contributed by atoms with Gasteiger partial charge in [-0.3, -0.25) is 24.1 Å². The summed E-state index contributed by atoms with van der Waals surface area (Å²) in [5, 5.41) is 0. The molecule has 2 amide bonds. The van der Waals surface area contributed by atoms with Crippen molar-refractivity contribution in [3.8, 4) is 11.1 Å². The van der Waals surface area contributed by atoms with E-state index in [0.717, 1.165) is 43.2 Å². The van der Waals surface area contributed by atoms with Gasteiger partial charge in [0.25, 0.3) is 0 Å². The van der Waals surface area contributed by atoms with Gasteiger partial charge in [0.15, 0.2) is 12.4 Å². The van der Waals surface area contributed by atoms with Crippen LogP contribution < -0.4 is 0 Å². The standard InChI is InChI=1S/C26H25NO5/c28-23(18-10-9-17-13-16-5-1-2-6-19(16)22(17)14-18)15-32-24(29)11-12-27-25(30)20-7-3-4-8-21(20)26(27)31/h1-2,5-6,9-10,14,20-21H,3-4,7-8,11-13,15H2/t20-,21+. The molecule has 2 fully saturated rings. The molecule has 1 saturated heterocycles. The first-order chi connectivity index (χ1) is 15.5. The van der Waals surface area contributed by atoms with E-state index in [1.807, 2.05) is 30.3 Å². The smallest absolute Gasteiger partial charge is 0.308 e. The van der Waals surface area contributed by atoms with Gasteiger partial charge in [-0.1, -0.05) is 49.2 Å². The summed E-state index contributed by atoms with van der Waals surface area (Å²) in [4.78, 5) is 51.0. The number of nitrogens with zero attached hydrogens (tertiary/aromatic N) is 1. The Labute approximate surface area is 186 Å². The molecule has 0 bridgehead atoms. The first-order valence-corrected chi connectivity index (χ1v) is 11.3. The lowest BCUT2D eigenvalue weighted by Crippen LogP contribution is -2.33. The van der Waals surface area contributed by atoms with Crippen LogP contribution in [-0.2, 0) is 25.5 Å². The van der Waals surface area contributed by atoms with Gasteiger partial charge in [-0.25, -0.2) is 0 Å². The van der Waals surface area contributed by atoms with Gasteiger partial charge < -0.3 is 4.74 Å². The molecule has 164 valence electrons. The van der Waals surface area contributed by atoms with Crippen molar-refractivity contribution in [1.82, 2.24) is 4.90 Å². The Morgan fingerprint density at radius 2 is 1.59 bits per heavy atom. The van der Waals surface area contributed by atoms with Crippen LogP contribution in [0.3, 0.4) is 0 Å². The van der Waals surface area contributed by atoms with Gasteiger partial charge in [-0.05, 0) is 47.6 Å². The zero-order valence-corrected chi connectivity index (χ0v) is 17.8. The van der Waals surface area contributed by atoms with Gasteiger partial charge in [0.1, 0.15) is 0 Å². The molecule has 3 aliphatic rings. The van der Waals surface area contributed by atoms with Gasteiger partial charge in [0, 0.05) is 12.1 Å². The van der Waals surface area contributed by atoms with Crippen LogP contribution in [0.15, 0.2) is 42.5 Å². The molecule has 5 rings (SSSR count). The monoisotopic (exact) mass is 431 g/mol. The minimum absolute atomic E-state index is 0.0212. The van der Waals surface area contributed by atoms with Gasteiger partial charge in [-0.15, -0.1) is 0 Å². The van der Waals surface area contributed by atoms with Gasteiger partial charge in [0.2, 0.25) is 11.8 Å². The summed E-state index contributed by atoms with van der Waals surface area (Å²) in [6.07, 6.45) is 4.18. The number of Topliss-reactive ketones (excluding diaryl/α,β-unsaturated/α-hetero) is 1. The minimum atomic E-state index is -0.583. The number of ether oxygens (including phenoxy) is 1. The number of benzene rings is 2. The maximum atomic E-state index is 12.6. The third kappa shape index (κ3) is 3.64. The van der Waals surface area contributed by atoms with Crippen LogP contribution in [0.1, 0.15) is 53.6 Å². The fraction of sp³-hybridized carbons (Fsp3) is 0.385. The number of fused-ring (bicyclic) bond motifs is 4. The van der Waals surface area contributed by atoms with Crippen molar-refractivity contribution in [2.45, 2.75) is 38.5 Å². The summed E-state index contributed by atoms with van der Waals surface area (Å²) in [6.45, 7) is -0.334. The van der Waals surface area contributed by atoms with Crippen LogP contribution in [0.2, 0.25) is 0 Å². The zero-order valence-electron chi connectivity index (χ0n) is 17.8. The van der Waals surface area contributed by atoms with E-state index in [0.29, 0.717) is 5.56 Å². The van der Waals surface area contributed by atoms with E-state index >= 15 is 0 Å². The first-order valence-electron chi connectivity index (χ1n) is 11.3. The number of carbonyl (C=O) groups excluding carboxylic acids is 4. The van der Waals surface area contributed by atoms with E-state index in [1.54, 1.807) is 6.07 Å². The molecule has 2 aromatic rings. The van der Waals surface area contributed by atoms with Crippen LogP contribution in [-0.4, -0.2) is 41.6 Å². The lowest BCUT2D eigenvalue weighted by molar-refractivity contribution is -0.145. The molecule has 0 spiro atoms. The third-order valence-corrected chi connectivity index (χ3v) is 6.96. The Balaban J connectivity index is 1.16. The molecule has 0 unspecified atom stereocenters. The molecule has 32 heavy (non-hydrogen) atoms. The number of carbonyl (C=O) groups is 4. The second-order valence-electron chi connectivity index (χ2n) is 8.87. The number of esters is 1. The van der Waals surface area contributed by atoms with E-state index < -0.39 is 5.97 Å². The van der Waals surface area contributed by atoms with Gasteiger partial charge in [0.05, 0.1) is 18.3 Å². The quantitative estimate of drug-likeness (QED) is 0.339. The molecular formula is C26H25NO5. The number of ketones is 1. The fourth-order valence-electron chi connectivity index (χ4n) is 5.25. The molecule has 1 heterocycles. The van der Waals surface area contributed by atoms with E-state index in [4.69, 9.17) is 4.74 Å². The van der Waals surface area contributed by atoms with Crippen LogP contribution >= 0.6 is 0 Å². The van der Waals surface area contributed by atoms with Crippen molar-refractivity contribution in [3.05, 3.63) is 59.2 Å². The van der Waals surface area contributed by atoms with Gasteiger partial charge >= 0.3 is 5.97 Å². The molecule has 6 heteroatoms. The zero-order chi connectivity index (χ0) is 22.2. The molecule has 2 aromatic carbocycles. The Hall–Kier alpha value is -3.28. The van der Waals surface area contributed by atoms with Crippen molar-refractivity contribution in [1.29, 1.82) is 0 Å². The highest BCUT2D eigenvalue weighted by molar-refractivity contribution is 6.05. The highest BCUT2D eigenvalue weighted by Crippen LogP contribution is 2.38.